The Hall–Kier alpha value is -9.67. The smallest absolute Gasteiger partial charge is 0.410 e. The number of nitrogens with zero attached hydrogens (tertiary/aromatic N) is 8. The number of hydrogen-bond donors (Lipinski definition) is 13. The number of rotatable bonds is 48. The number of aliphatic carboxylic acids is 1. The zero-order valence-corrected chi connectivity index (χ0v) is 77.4. The molecule has 4 aliphatic heterocycles. The lowest BCUT2D eigenvalue weighted by Gasteiger charge is -2.41. The molecule has 718 valence electrons. The lowest BCUT2D eigenvalue weighted by atomic mass is 9.89. The van der Waals surface area contributed by atoms with Crippen molar-refractivity contribution < 1.29 is 124 Å². The van der Waals surface area contributed by atoms with E-state index in [1.165, 1.54) is 51.3 Å². The highest BCUT2D eigenvalue weighted by Crippen LogP contribution is 2.42. The fourth-order valence-electron chi connectivity index (χ4n) is 16.6. The third kappa shape index (κ3) is 27.7. The Morgan fingerprint density at radius 2 is 1.37 bits per heavy atom. The molecule has 0 bridgehead atoms. The first-order valence-corrected chi connectivity index (χ1v) is 45.4. The molecule has 2 aromatic heterocycles. The standard InChI is InChI=1S/C87H133N15O26S/c1-18-50(8)70(62(122-16)43-65(105)101-34-23-27-59(101)75(123-17)51(9)78(110)90-52(10)71(106)55-24-20-19-21-25-55)97(13)84(115)68(48(4)5)95-82(114)69(49(6)7)98(14)87(118)126-45-54-28-29-57(61(42-54)127-86-74(109)72(107)73(108)76(128-86)85(116)117)93-79(111)53(11)91-81(113)67(47(2)3)94-64(104)31-38-124-40-41-125-39-33-89-80(112)58(46-129(119,120)121)92-63(103)30-35-102-60-44-96(12)99(15)83(100-36-37-100)66(60)56-26-22-32-88-77(56)102/h19-22,24-26,28-29,32,42,47-53,58-59,62,67-76,83,86,106-109H,18,23,27,30-31,33-41,43-46H2,1-17H3,(H,89,112)(H,90,110)(H,91,113)(H,92,103)(H,93,111)(H,94,104)(H,95,114)(H,116,117)(H,119,120,121)/t50-,51+,52+,53-,58-,59-,62+,67-,68-,69-,70-,71+,72-,73-,74+,75+,76-,83?,86+/m0/s1. The number of aliphatic hydroxyl groups excluding tert-OH is 4. The van der Waals surface area contributed by atoms with E-state index in [1.54, 1.807) is 97.8 Å². The molecular formula is C87H133N15O26S. The van der Waals surface area contributed by atoms with E-state index in [2.05, 4.69) is 57.1 Å². The quantitative estimate of drug-likeness (QED) is 0.0169. The summed E-state index contributed by atoms with van der Waals surface area (Å²) in [5.41, 5.74) is 3.31. The minimum atomic E-state index is -4.74. The molecule has 8 rings (SSSR count). The number of aromatic nitrogens is 2. The lowest BCUT2D eigenvalue weighted by Crippen LogP contribution is -2.61. The van der Waals surface area contributed by atoms with E-state index in [0.29, 0.717) is 43.6 Å². The Morgan fingerprint density at radius 1 is 0.705 bits per heavy atom. The van der Waals surface area contributed by atoms with E-state index in [4.69, 9.17) is 33.2 Å². The van der Waals surface area contributed by atoms with Crippen LogP contribution in [0.5, 0.6) is 5.75 Å². The summed E-state index contributed by atoms with van der Waals surface area (Å²) in [4.78, 5) is 163. The third-order valence-electron chi connectivity index (χ3n) is 24.1. The number of carbonyl (C=O) groups excluding carboxylic acids is 10. The van der Waals surface area contributed by atoms with Crippen molar-refractivity contribution in [3.8, 4) is 5.75 Å². The Balaban J connectivity index is 0.822. The maximum Gasteiger partial charge on any atom is 0.410 e. The largest absolute Gasteiger partial charge is 0.479 e. The fourth-order valence-corrected chi connectivity index (χ4v) is 17.2. The average Bonchev–Trinajstić information content (AvgIpc) is 1.57. The number of hydrazine groups is 1. The van der Waals surface area contributed by atoms with Crippen molar-refractivity contribution in [2.45, 2.75) is 238 Å². The Kier molecular flexibility index (Phi) is 38.9. The monoisotopic (exact) mass is 1840 g/mol. The fraction of sp³-hybridized carbons (Fsp3) is 0.655. The van der Waals surface area contributed by atoms with E-state index >= 15 is 0 Å². The summed E-state index contributed by atoms with van der Waals surface area (Å²) in [5.74, 6) is -11.5. The van der Waals surface area contributed by atoms with Crippen LogP contribution in [0.3, 0.4) is 0 Å². The zero-order chi connectivity index (χ0) is 95.3. The minimum absolute atomic E-state index is 0.0185. The number of carboxylic acid groups (broad SMARTS) is 1. The molecular weight excluding hydrogens is 1700 g/mol. The van der Waals surface area contributed by atoms with Gasteiger partial charge in [0, 0.05) is 111 Å². The summed E-state index contributed by atoms with van der Waals surface area (Å²) in [6.07, 6.45) is -11.2. The molecule has 129 heavy (non-hydrogen) atoms. The van der Waals surface area contributed by atoms with Gasteiger partial charge < -0.3 is 110 Å². The first-order valence-electron chi connectivity index (χ1n) is 43.7. The number of aliphatic hydroxyl groups is 4. The number of fused-ring (bicyclic) bond motifs is 3. The van der Waals surface area contributed by atoms with Crippen LogP contribution in [0, 0.1) is 29.6 Å². The van der Waals surface area contributed by atoms with Gasteiger partial charge >= 0.3 is 12.1 Å². The molecule has 41 nitrogen and oxygen atoms in total. The van der Waals surface area contributed by atoms with E-state index < -0.39 is 197 Å². The summed E-state index contributed by atoms with van der Waals surface area (Å²) >= 11 is 0. The van der Waals surface area contributed by atoms with Crippen molar-refractivity contribution in [2.24, 2.45) is 29.6 Å². The Labute approximate surface area is 752 Å². The summed E-state index contributed by atoms with van der Waals surface area (Å²) in [5, 5.41) is 76.9. The number of anilines is 1. The van der Waals surface area contributed by atoms with Gasteiger partial charge in [0.25, 0.3) is 10.1 Å². The Bertz CT molecular complexity index is 4600. The summed E-state index contributed by atoms with van der Waals surface area (Å²) in [7, 11) is 5.09. The van der Waals surface area contributed by atoms with E-state index in [9.17, 15) is 91.2 Å². The number of likely N-dealkylation sites (tertiary alicyclic amines) is 1. The van der Waals surface area contributed by atoms with Gasteiger partial charge in [-0.15, -0.1) is 0 Å². The van der Waals surface area contributed by atoms with Gasteiger partial charge in [-0.25, -0.2) is 24.6 Å². The van der Waals surface area contributed by atoms with Gasteiger partial charge in [0.1, 0.15) is 78.4 Å². The van der Waals surface area contributed by atoms with Crippen molar-refractivity contribution in [1.82, 2.24) is 71.1 Å². The SMILES string of the molecule is CC[C@H](C)[C@@H]([C@@H](CC(=O)N1CCC[C@H]1[C@H](OC)[C@@H](C)C(=O)N[C@H](C)[C@@H](O)c1ccccc1)OC)N(C)C(=O)[C@@H](NC(=O)[C@H](C(C)C)N(C)C(=O)OCc1ccc(NC(=O)[C@H](C)NC(=O)[C@@H](NC(=O)CCOCCOCCNC(=O)[C@H](CS(=O)(=O)O)NC(=O)CCn2c3c(c4cccnc42)C(N2CC2)N(C)N(C)C3)C(C)C)c(O[C@@H]2O[C@H](C(=O)O)[C@@H](O)[C@H](O)[C@H]2O)c1)C(C)C. The van der Waals surface area contributed by atoms with Crippen LogP contribution in [0.1, 0.15) is 149 Å². The van der Waals surface area contributed by atoms with Crippen molar-refractivity contribution in [1.29, 1.82) is 0 Å². The van der Waals surface area contributed by atoms with E-state index in [1.807, 2.05) is 50.7 Å². The van der Waals surface area contributed by atoms with Crippen LogP contribution in [-0.4, -0.2) is 335 Å². The number of carbonyl (C=O) groups is 11. The molecule has 0 aliphatic carbocycles. The van der Waals surface area contributed by atoms with Crippen LogP contribution >= 0.6 is 0 Å². The van der Waals surface area contributed by atoms with Crippen LogP contribution in [0.25, 0.3) is 11.0 Å². The number of pyridine rings is 1. The van der Waals surface area contributed by atoms with Gasteiger partial charge in [-0.1, -0.05) is 105 Å². The van der Waals surface area contributed by atoms with E-state index in [-0.39, 0.29) is 99.7 Å². The molecule has 4 aliphatic rings. The molecule has 4 aromatic rings. The number of amides is 10. The van der Waals surface area contributed by atoms with Crippen molar-refractivity contribution in [3.63, 3.8) is 0 Å². The first kappa shape index (κ1) is 105. The molecule has 0 radical (unpaired) electrons. The van der Waals surface area contributed by atoms with Crippen molar-refractivity contribution >= 4 is 92.1 Å². The van der Waals surface area contributed by atoms with Gasteiger partial charge in [0.15, 0.2) is 6.10 Å². The molecule has 0 spiro atoms. The third-order valence-corrected chi connectivity index (χ3v) is 24.9. The first-order chi connectivity index (χ1) is 60.9. The van der Waals surface area contributed by atoms with E-state index in [0.717, 1.165) is 34.6 Å². The topological polar surface area (TPSA) is 529 Å². The molecule has 42 heteroatoms. The van der Waals surface area contributed by atoms with Crippen LogP contribution < -0.4 is 42.0 Å². The maximum atomic E-state index is 15.0. The number of carboxylic acids is 1. The highest BCUT2D eigenvalue weighted by molar-refractivity contribution is 7.85. The second-order valence-corrected chi connectivity index (χ2v) is 36.1. The highest BCUT2D eigenvalue weighted by atomic mass is 32.2. The second-order valence-electron chi connectivity index (χ2n) is 34.6. The molecule has 10 amide bonds. The zero-order valence-electron chi connectivity index (χ0n) is 76.6. The van der Waals surface area contributed by atoms with Crippen LogP contribution in [0.2, 0.25) is 0 Å². The molecule has 1 unspecified atom stereocenters. The molecule has 2 aromatic carbocycles. The normalized spacial score (nSPS) is 21.3. The number of hydrogen-bond acceptors (Lipinski definition) is 28. The minimum Gasteiger partial charge on any atom is -0.479 e. The molecule has 3 fully saturated rings. The van der Waals surface area contributed by atoms with Gasteiger partial charge in [0.05, 0.1) is 87.4 Å². The van der Waals surface area contributed by atoms with Crippen LogP contribution in [0.15, 0.2) is 66.9 Å². The molecule has 13 N–H and O–H groups in total. The number of ether oxygens (including phenoxy) is 7. The highest BCUT2D eigenvalue weighted by Gasteiger charge is 2.50. The maximum absolute atomic E-state index is 15.0. The molecule has 0 saturated carbocycles. The summed E-state index contributed by atoms with van der Waals surface area (Å²) in [6.45, 7) is 20.7. The number of aryl methyl sites for hydroxylation is 1. The number of likely N-dealkylation sites (N-methyl/N-ethyl adjacent to an activating group) is 2. The Morgan fingerprint density at radius 3 is 1.99 bits per heavy atom. The van der Waals surface area contributed by atoms with Crippen LogP contribution in [0.4, 0.5) is 10.5 Å². The number of nitrogens with one attached hydrogen (secondary N) is 7. The number of methoxy groups -OCH3 is 2. The van der Waals surface area contributed by atoms with Crippen LogP contribution in [-0.2, 0) is 106 Å². The van der Waals surface area contributed by atoms with Gasteiger partial charge in [-0.3, -0.25) is 57.5 Å². The lowest BCUT2D eigenvalue weighted by molar-refractivity contribution is -0.271. The summed E-state index contributed by atoms with van der Waals surface area (Å²) < 4.78 is 76.1. The molecule has 19 atom stereocenters. The molecule has 6 heterocycles. The predicted octanol–water partition coefficient (Wildman–Crippen LogP) is 1.39. The van der Waals surface area contributed by atoms with Crippen molar-refractivity contribution in [2.75, 3.05) is 106 Å². The number of benzene rings is 2. The molecule has 3 saturated heterocycles. The van der Waals surface area contributed by atoms with Gasteiger partial charge in [-0.05, 0) is 85.8 Å². The van der Waals surface area contributed by atoms with Gasteiger partial charge in [0.2, 0.25) is 59.5 Å². The average molecular weight is 1840 g/mol. The van der Waals surface area contributed by atoms with Gasteiger partial charge in [-0.2, -0.15) is 8.42 Å². The summed E-state index contributed by atoms with van der Waals surface area (Å²) in [6, 6.07) is 8.16. The predicted molar refractivity (Wildman–Crippen MR) is 468 cm³/mol. The second kappa shape index (κ2) is 47.9. The van der Waals surface area contributed by atoms with Crippen molar-refractivity contribution in [3.05, 3.63) is 89.2 Å².